The third-order valence-corrected chi connectivity index (χ3v) is 1.32. The molecule has 1 N–H and O–H groups in total. The monoisotopic (exact) mass is 137 g/mol. The molecule has 0 saturated carbocycles. The van der Waals surface area contributed by atoms with Gasteiger partial charge in [-0.25, -0.2) is 0 Å². The summed E-state index contributed by atoms with van der Waals surface area (Å²) in [6.45, 7) is 1.70. The quantitative estimate of drug-likeness (QED) is 0.590. The fraction of sp³-hybridized carbons (Fsp3) is 0.286. The van der Waals surface area contributed by atoms with Crippen LogP contribution in [0.15, 0.2) is 16.7 Å². The molecular weight excluding hydrogens is 130 g/mol. The van der Waals surface area contributed by atoms with Gasteiger partial charge in [0.05, 0.1) is 12.3 Å². The van der Waals surface area contributed by atoms with Crippen LogP contribution in [0, 0.1) is 18.3 Å². The Morgan fingerprint density at radius 2 is 2.50 bits per heavy atom. The second-order valence-corrected chi connectivity index (χ2v) is 1.96. The fourth-order valence-corrected chi connectivity index (χ4v) is 0.748. The molecule has 1 heterocycles. The van der Waals surface area contributed by atoms with Gasteiger partial charge in [-0.15, -0.1) is 0 Å². The Balaban J connectivity index is 2.96. The van der Waals surface area contributed by atoms with Crippen LogP contribution in [0.5, 0.6) is 0 Å². The standard InChI is InChI=1S/C7H7NO2/c1-5-6(2-3-10-5)7(9)4-8/h2-3,7,9H,1H3/t7-/m1/s1. The Morgan fingerprint density at radius 3 is 2.90 bits per heavy atom. The van der Waals surface area contributed by atoms with E-state index in [0.29, 0.717) is 11.3 Å². The molecule has 1 atom stereocenters. The Hall–Kier alpha value is -1.27. The summed E-state index contributed by atoms with van der Waals surface area (Å²) in [6, 6.07) is 3.29. The van der Waals surface area contributed by atoms with Gasteiger partial charge in [0.25, 0.3) is 0 Å². The molecule has 0 aliphatic carbocycles. The van der Waals surface area contributed by atoms with Crippen molar-refractivity contribution in [3.8, 4) is 6.07 Å². The zero-order valence-corrected chi connectivity index (χ0v) is 5.53. The third kappa shape index (κ3) is 1.02. The molecule has 1 rings (SSSR count). The number of hydrogen-bond donors (Lipinski definition) is 1. The first-order valence-electron chi connectivity index (χ1n) is 2.87. The molecule has 0 unspecified atom stereocenters. The van der Waals surface area contributed by atoms with Crippen molar-refractivity contribution in [3.05, 3.63) is 23.7 Å². The molecule has 0 aliphatic rings. The molecule has 1 aromatic heterocycles. The molecule has 0 radical (unpaired) electrons. The average molecular weight is 137 g/mol. The van der Waals surface area contributed by atoms with Crippen LogP contribution in [0.4, 0.5) is 0 Å². The fourth-order valence-electron chi connectivity index (χ4n) is 0.748. The van der Waals surface area contributed by atoms with Gasteiger partial charge >= 0.3 is 0 Å². The second-order valence-electron chi connectivity index (χ2n) is 1.96. The van der Waals surface area contributed by atoms with Gasteiger partial charge in [-0.2, -0.15) is 5.26 Å². The van der Waals surface area contributed by atoms with Gasteiger partial charge in [0, 0.05) is 5.56 Å². The minimum atomic E-state index is -1.06. The SMILES string of the molecule is Cc1occc1[C@H](O)C#N. The van der Waals surface area contributed by atoms with Crippen molar-refractivity contribution in [2.75, 3.05) is 0 Å². The van der Waals surface area contributed by atoms with E-state index in [1.807, 2.05) is 0 Å². The van der Waals surface area contributed by atoms with Crippen molar-refractivity contribution in [1.82, 2.24) is 0 Å². The Labute approximate surface area is 58.5 Å². The molecule has 0 aromatic carbocycles. The third-order valence-electron chi connectivity index (χ3n) is 1.32. The lowest BCUT2D eigenvalue weighted by atomic mass is 10.2. The van der Waals surface area contributed by atoms with E-state index in [0.717, 1.165) is 0 Å². The first kappa shape index (κ1) is 6.84. The van der Waals surface area contributed by atoms with Crippen LogP contribution in [0.25, 0.3) is 0 Å². The molecule has 0 bridgehead atoms. The topological polar surface area (TPSA) is 57.2 Å². The van der Waals surface area contributed by atoms with Crippen LogP contribution >= 0.6 is 0 Å². The summed E-state index contributed by atoms with van der Waals surface area (Å²) in [4.78, 5) is 0. The van der Waals surface area contributed by atoms with Crippen molar-refractivity contribution in [3.63, 3.8) is 0 Å². The van der Waals surface area contributed by atoms with Crippen molar-refractivity contribution >= 4 is 0 Å². The summed E-state index contributed by atoms with van der Waals surface area (Å²) in [5.74, 6) is 0.592. The molecule has 0 aliphatic heterocycles. The van der Waals surface area contributed by atoms with E-state index in [1.54, 1.807) is 19.1 Å². The molecule has 0 amide bonds. The van der Waals surface area contributed by atoms with E-state index in [9.17, 15) is 0 Å². The number of nitrogens with zero attached hydrogens (tertiary/aromatic N) is 1. The highest BCUT2D eigenvalue weighted by Gasteiger charge is 2.09. The van der Waals surface area contributed by atoms with Crippen LogP contribution in [0.2, 0.25) is 0 Å². The number of furan rings is 1. The highest BCUT2D eigenvalue weighted by molar-refractivity contribution is 5.22. The van der Waals surface area contributed by atoms with Crippen molar-refractivity contribution in [2.45, 2.75) is 13.0 Å². The van der Waals surface area contributed by atoms with Gasteiger partial charge in [-0.05, 0) is 13.0 Å². The second kappa shape index (κ2) is 2.54. The van der Waals surface area contributed by atoms with E-state index in [1.165, 1.54) is 6.26 Å². The van der Waals surface area contributed by atoms with E-state index >= 15 is 0 Å². The maximum absolute atomic E-state index is 8.98. The normalized spacial score (nSPS) is 12.5. The molecular formula is C7H7NO2. The Bertz CT molecular complexity index is 259. The lowest BCUT2D eigenvalue weighted by Crippen LogP contribution is -1.91. The van der Waals surface area contributed by atoms with Gasteiger partial charge in [-0.3, -0.25) is 0 Å². The minimum absolute atomic E-state index is 0.544. The summed E-state index contributed by atoms with van der Waals surface area (Å²) < 4.78 is 4.88. The van der Waals surface area contributed by atoms with Crippen molar-refractivity contribution in [1.29, 1.82) is 5.26 Å². The van der Waals surface area contributed by atoms with E-state index in [4.69, 9.17) is 14.8 Å². The van der Waals surface area contributed by atoms with Crippen LogP contribution in [-0.2, 0) is 0 Å². The van der Waals surface area contributed by atoms with Gasteiger partial charge < -0.3 is 9.52 Å². The Morgan fingerprint density at radius 1 is 1.80 bits per heavy atom. The number of hydrogen-bond acceptors (Lipinski definition) is 3. The molecule has 0 saturated heterocycles. The van der Waals surface area contributed by atoms with Crippen LogP contribution < -0.4 is 0 Å². The summed E-state index contributed by atoms with van der Waals surface area (Å²) in [7, 11) is 0. The molecule has 52 valence electrons. The molecule has 1 aromatic rings. The predicted molar refractivity (Wildman–Crippen MR) is 34.0 cm³/mol. The largest absolute Gasteiger partial charge is 0.469 e. The van der Waals surface area contributed by atoms with Gasteiger partial charge in [-0.1, -0.05) is 0 Å². The maximum Gasteiger partial charge on any atom is 0.169 e. The van der Waals surface area contributed by atoms with E-state index < -0.39 is 6.10 Å². The molecule has 10 heavy (non-hydrogen) atoms. The number of aryl methyl sites for hydroxylation is 1. The number of nitriles is 1. The lowest BCUT2D eigenvalue weighted by Gasteiger charge is -1.96. The molecule has 0 spiro atoms. The molecule has 0 fully saturated rings. The van der Waals surface area contributed by atoms with Gasteiger partial charge in [0.2, 0.25) is 0 Å². The molecule has 3 nitrogen and oxygen atoms in total. The van der Waals surface area contributed by atoms with Crippen molar-refractivity contribution in [2.24, 2.45) is 0 Å². The van der Waals surface area contributed by atoms with E-state index in [-0.39, 0.29) is 0 Å². The lowest BCUT2D eigenvalue weighted by molar-refractivity contribution is 0.233. The highest BCUT2D eigenvalue weighted by atomic mass is 16.3. The smallest absolute Gasteiger partial charge is 0.169 e. The van der Waals surface area contributed by atoms with Gasteiger partial charge in [0.1, 0.15) is 5.76 Å². The predicted octanol–water partition coefficient (Wildman–Crippen LogP) is 1.14. The zero-order valence-electron chi connectivity index (χ0n) is 5.53. The number of rotatable bonds is 1. The summed E-state index contributed by atoms with van der Waals surface area (Å²) >= 11 is 0. The van der Waals surface area contributed by atoms with Crippen LogP contribution in [-0.4, -0.2) is 5.11 Å². The highest BCUT2D eigenvalue weighted by Crippen LogP contribution is 2.16. The first-order valence-corrected chi connectivity index (χ1v) is 2.87. The van der Waals surface area contributed by atoms with Crippen LogP contribution in [0.3, 0.4) is 0 Å². The first-order chi connectivity index (χ1) is 4.75. The van der Waals surface area contributed by atoms with Crippen LogP contribution in [0.1, 0.15) is 17.4 Å². The average Bonchev–Trinajstić information content (AvgIpc) is 2.34. The molecule has 3 heteroatoms. The summed E-state index contributed by atoms with van der Waals surface area (Å²) in [6.07, 6.45) is 0.393. The Kier molecular flexibility index (Phi) is 1.74. The maximum atomic E-state index is 8.98. The number of aliphatic hydroxyl groups is 1. The van der Waals surface area contributed by atoms with Gasteiger partial charge in [0.15, 0.2) is 6.10 Å². The van der Waals surface area contributed by atoms with E-state index in [2.05, 4.69) is 0 Å². The minimum Gasteiger partial charge on any atom is -0.469 e. The summed E-state index contributed by atoms with van der Waals surface area (Å²) in [5.41, 5.74) is 0.544. The summed E-state index contributed by atoms with van der Waals surface area (Å²) in [5, 5.41) is 17.3. The zero-order chi connectivity index (χ0) is 7.56. The number of aliphatic hydroxyl groups excluding tert-OH is 1. The van der Waals surface area contributed by atoms with Crippen molar-refractivity contribution < 1.29 is 9.52 Å².